The molecule has 1 saturated heterocycles. The Bertz CT molecular complexity index is 1990. The van der Waals surface area contributed by atoms with Crippen molar-refractivity contribution in [1.29, 1.82) is 0 Å². The van der Waals surface area contributed by atoms with Gasteiger partial charge in [-0.15, -0.1) is 0 Å². The first-order valence-electron chi connectivity index (χ1n) is 15.7. The van der Waals surface area contributed by atoms with Crippen LogP contribution < -0.4 is 4.74 Å². The van der Waals surface area contributed by atoms with Crippen LogP contribution in [0.2, 0.25) is 0 Å². The SMILES string of the molecule is COc1cc(C(=O)N2CC3CC(C2)[C@@H](C)C3)cc2nc(-c3cc4ccc(-c5cc(F)c(O)c(F)c5)nc4n3CC3CC3)n(C)c12. The molecule has 1 aliphatic heterocycles. The molecule has 8 rings (SSSR count). The molecule has 5 aromatic rings. The van der Waals surface area contributed by atoms with Crippen LogP contribution in [0.15, 0.2) is 42.5 Å². The van der Waals surface area contributed by atoms with E-state index in [1.165, 1.54) is 12.8 Å². The molecule has 2 saturated carbocycles. The number of imidazole rings is 1. The van der Waals surface area contributed by atoms with Crippen LogP contribution >= 0.6 is 0 Å². The van der Waals surface area contributed by atoms with Gasteiger partial charge in [0.15, 0.2) is 23.2 Å². The molecule has 4 heterocycles. The minimum Gasteiger partial charge on any atom is -0.503 e. The summed E-state index contributed by atoms with van der Waals surface area (Å²) >= 11 is 0. The van der Waals surface area contributed by atoms with Crippen molar-refractivity contribution in [2.45, 2.75) is 39.2 Å². The summed E-state index contributed by atoms with van der Waals surface area (Å²) in [6.07, 6.45) is 4.64. The van der Waals surface area contributed by atoms with E-state index in [2.05, 4.69) is 11.5 Å². The number of fused-ring (bicyclic) bond motifs is 4. The number of rotatable bonds is 6. The minimum atomic E-state index is -1.03. The van der Waals surface area contributed by atoms with Crippen molar-refractivity contribution in [2.24, 2.45) is 30.7 Å². The van der Waals surface area contributed by atoms with Gasteiger partial charge in [0, 0.05) is 43.2 Å². The number of halogens is 2. The molecule has 3 atom stereocenters. The zero-order chi connectivity index (χ0) is 31.1. The molecule has 3 aromatic heterocycles. The van der Waals surface area contributed by atoms with Gasteiger partial charge in [-0.25, -0.2) is 18.7 Å². The van der Waals surface area contributed by atoms with Gasteiger partial charge in [0.25, 0.3) is 5.91 Å². The van der Waals surface area contributed by atoms with Crippen LogP contribution in [-0.4, -0.2) is 55.2 Å². The molecule has 3 fully saturated rings. The number of carbonyl (C=O) groups excluding carboxylic acids is 1. The lowest BCUT2D eigenvalue weighted by molar-refractivity contribution is 0.0653. The molecule has 1 N–H and O–H groups in total. The lowest BCUT2D eigenvalue weighted by Gasteiger charge is -2.32. The van der Waals surface area contributed by atoms with Crippen LogP contribution in [0.3, 0.4) is 0 Å². The largest absolute Gasteiger partial charge is 0.503 e. The van der Waals surface area contributed by atoms with Crippen LogP contribution in [0.1, 0.15) is 43.0 Å². The molecule has 3 aliphatic rings. The van der Waals surface area contributed by atoms with E-state index in [1.54, 1.807) is 13.2 Å². The van der Waals surface area contributed by atoms with Crippen LogP contribution in [0.25, 0.3) is 44.8 Å². The molecule has 0 radical (unpaired) electrons. The van der Waals surface area contributed by atoms with Crippen molar-refractivity contribution < 1.29 is 23.4 Å². The number of piperidine rings is 1. The average Bonchev–Trinajstić information content (AvgIpc) is 3.63. The van der Waals surface area contributed by atoms with Gasteiger partial charge in [-0.05, 0) is 91.8 Å². The number of aromatic hydroxyl groups is 1. The third-order valence-corrected chi connectivity index (χ3v) is 10.2. The zero-order valence-corrected chi connectivity index (χ0v) is 25.6. The Balaban J connectivity index is 1.22. The number of carbonyl (C=O) groups is 1. The predicted octanol–water partition coefficient (Wildman–Crippen LogP) is 6.78. The molecule has 10 heteroatoms. The molecular weight excluding hydrogens is 576 g/mol. The van der Waals surface area contributed by atoms with Gasteiger partial charge < -0.3 is 23.9 Å². The number of phenolic OH excluding ortho intramolecular Hbond substituents is 1. The number of amides is 1. The van der Waals surface area contributed by atoms with Crippen molar-refractivity contribution in [1.82, 2.24) is 24.0 Å². The maximum Gasteiger partial charge on any atom is 0.254 e. The number of hydrogen-bond donors (Lipinski definition) is 1. The first-order chi connectivity index (χ1) is 21.7. The highest BCUT2D eigenvalue weighted by atomic mass is 19.1. The van der Waals surface area contributed by atoms with Crippen molar-refractivity contribution in [3.63, 3.8) is 0 Å². The lowest BCUT2D eigenvalue weighted by atomic mass is 9.95. The topological polar surface area (TPSA) is 85.4 Å². The summed E-state index contributed by atoms with van der Waals surface area (Å²) in [7, 11) is 3.56. The predicted molar refractivity (Wildman–Crippen MR) is 167 cm³/mol. The van der Waals surface area contributed by atoms with Crippen molar-refractivity contribution >= 4 is 28.0 Å². The summed E-state index contributed by atoms with van der Waals surface area (Å²) < 4.78 is 38.4. The Hall–Kier alpha value is -4.47. The molecule has 1 amide bonds. The molecule has 2 bridgehead atoms. The van der Waals surface area contributed by atoms with E-state index >= 15 is 0 Å². The van der Waals surface area contributed by atoms with Crippen LogP contribution in [0.5, 0.6) is 11.5 Å². The van der Waals surface area contributed by atoms with E-state index in [0.29, 0.717) is 57.7 Å². The van der Waals surface area contributed by atoms with Crippen LogP contribution in [-0.2, 0) is 13.6 Å². The number of aryl methyl sites for hydroxylation is 1. The number of methoxy groups -OCH3 is 1. The highest BCUT2D eigenvalue weighted by Gasteiger charge is 2.39. The van der Waals surface area contributed by atoms with Gasteiger partial charge in [-0.2, -0.15) is 0 Å². The third-order valence-electron chi connectivity index (χ3n) is 10.2. The molecule has 232 valence electrons. The second kappa shape index (κ2) is 10.3. The van der Waals surface area contributed by atoms with E-state index in [1.807, 2.05) is 40.8 Å². The number of aromatic nitrogens is 4. The van der Waals surface area contributed by atoms with E-state index in [0.717, 1.165) is 61.2 Å². The number of benzene rings is 2. The zero-order valence-electron chi connectivity index (χ0n) is 25.6. The maximum atomic E-state index is 14.2. The molecule has 2 aromatic carbocycles. The summed E-state index contributed by atoms with van der Waals surface area (Å²) in [6, 6.07) is 11.5. The number of phenols is 1. The Morgan fingerprint density at radius 2 is 1.82 bits per heavy atom. The highest BCUT2D eigenvalue weighted by molar-refractivity contribution is 6.00. The van der Waals surface area contributed by atoms with Crippen molar-refractivity contribution in [2.75, 3.05) is 20.2 Å². The molecule has 2 aliphatic carbocycles. The fraction of sp³-hybridized carbons (Fsp3) is 0.400. The lowest BCUT2D eigenvalue weighted by Crippen LogP contribution is -2.41. The van der Waals surface area contributed by atoms with E-state index in [-0.39, 0.29) is 11.5 Å². The Morgan fingerprint density at radius 1 is 1.04 bits per heavy atom. The maximum absolute atomic E-state index is 14.2. The summed E-state index contributed by atoms with van der Waals surface area (Å²) in [6.45, 7) is 4.62. The van der Waals surface area contributed by atoms with Gasteiger partial charge in [0.2, 0.25) is 0 Å². The summed E-state index contributed by atoms with van der Waals surface area (Å²) in [5, 5.41) is 10.5. The quantitative estimate of drug-likeness (QED) is 0.229. The normalized spacial score (nSPS) is 21.3. The number of pyridine rings is 1. The molecule has 8 nitrogen and oxygen atoms in total. The van der Waals surface area contributed by atoms with Gasteiger partial charge >= 0.3 is 0 Å². The second-order valence-electron chi connectivity index (χ2n) is 13.3. The second-order valence-corrected chi connectivity index (χ2v) is 13.3. The third kappa shape index (κ3) is 4.64. The number of nitrogens with zero attached hydrogens (tertiary/aromatic N) is 5. The van der Waals surface area contributed by atoms with Crippen LogP contribution in [0.4, 0.5) is 8.78 Å². The fourth-order valence-corrected chi connectivity index (χ4v) is 7.64. The standard InChI is InChI=1S/C35H35F2N5O3/c1-18-8-20-9-24(18)17-41(15-20)35(44)23-12-28-31(30(14-23)45-3)40(2)34(39-28)29-13-21-6-7-27(22-10-25(36)32(43)26(37)11-22)38-33(21)42(29)16-19-4-5-19/h6-7,10-14,18-20,24,43H,4-5,8-9,15-17H2,1-3H3/t18-,20?,24?/m0/s1. The molecule has 2 unspecified atom stereocenters. The summed E-state index contributed by atoms with van der Waals surface area (Å²) in [5.41, 5.74) is 4.24. The van der Waals surface area contributed by atoms with Gasteiger partial charge in [-0.1, -0.05) is 6.92 Å². The summed E-state index contributed by atoms with van der Waals surface area (Å²) in [5.74, 6) is 0.547. The van der Waals surface area contributed by atoms with E-state index in [9.17, 15) is 18.7 Å². The fourth-order valence-electron chi connectivity index (χ4n) is 7.64. The number of hydrogen-bond acceptors (Lipinski definition) is 5. The number of ether oxygens (including phenoxy) is 1. The minimum absolute atomic E-state index is 0.0212. The van der Waals surface area contributed by atoms with E-state index < -0.39 is 17.4 Å². The Morgan fingerprint density at radius 3 is 2.53 bits per heavy atom. The average molecular weight is 612 g/mol. The van der Waals surface area contributed by atoms with Gasteiger partial charge in [0.1, 0.15) is 16.9 Å². The first kappa shape index (κ1) is 28.0. The van der Waals surface area contributed by atoms with E-state index in [4.69, 9.17) is 14.7 Å². The highest BCUT2D eigenvalue weighted by Crippen LogP contribution is 2.42. The van der Waals surface area contributed by atoms with Crippen molar-refractivity contribution in [3.8, 4) is 34.3 Å². The molecule has 0 spiro atoms. The number of likely N-dealkylation sites (tertiary alicyclic amines) is 1. The molecule has 45 heavy (non-hydrogen) atoms. The Labute approximate surface area is 259 Å². The van der Waals surface area contributed by atoms with Gasteiger partial charge in [-0.3, -0.25) is 4.79 Å². The smallest absolute Gasteiger partial charge is 0.254 e. The van der Waals surface area contributed by atoms with Gasteiger partial charge in [0.05, 0.1) is 24.0 Å². The summed E-state index contributed by atoms with van der Waals surface area (Å²) in [4.78, 5) is 25.7. The molecular formula is C35H35F2N5O3. The Kier molecular flexibility index (Phi) is 6.41. The monoisotopic (exact) mass is 611 g/mol. The van der Waals surface area contributed by atoms with Crippen LogP contribution in [0, 0.1) is 35.3 Å². The first-order valence-corrected chi connectivity index (χ1v) is 15.7. The van der Waals surface area contributed by atoms with Crippen molar-refractivity contribution in [3.05, 3.63) is 59.7 Å².